The fraction of sp³-hybridized carbons (Fsp3) is 0.500. The molecule has 0 aromatic carbocycles. The van der Waals surface area contributed by atoms with Crippen molar-refractivity contribution in [2.45, 2.75) is 12.2 Å². The Morgan fingerprint density at radius 1 is 1.43 bits per heavy atom. The molecule has 1 aliphatic heterocycles. The molecule has 132 valence electrons. The highest BCUT2D eigenvalue weighted by molar-refractivity contribution is 5.94. The van der Waals surface area contributed by atoms with Crippen LogP contribution in [0, 0.1) is 0 Å². The maximum absolute atomic E-state index is 12.0. The number of ether oxygens (including phenoxy) is 2. The quantitative estimate of drug-likeness (QED) is 0.836. The van der Waals surface area contributed by atoms with Crippen molar-refractivity contribution in [3.63, 3.8) is 0 Å². The molecule has 1 aromatic rings. The number of hydrogen-bond donors (Lipinski definition) is 2. The van der Waals surface area contributed by atoms with Crippen molar-refractivity contribution in [1.29, 1.82) is 0 Å². The number of halogens is 5. The Bertz CT molecular complexity index is 483. The Hall–Kier alpha value is -1.29. The van der Waals surface area contributed by atoms with Crippen LogP contribution in [0.5, 0.6) is 5.88 Å². The highest BCUT2D eigenvalue weighted by atomic mass is 35.5. The Kier molecular flexibility index (Phi) is 9.21. The number of hydrogen-bond acceptors (Lipinski definition) is 5. The number of carbonyl (C=O) groups excluding carboxylic acids is 1. The third kappa shape index (κ3) is 7.69. The molecule has 1 fully saturated rings. The summed E-state index contributed by atoms with van der Waals surface area (Å²) in [7, 11) is 0. The topological polar surface area (TPSA) is 72.5 Å². The van der Waals surface area contributed by atoms with Gasteiger partial charge in [0.2, 0.25) is 11.8 Å². The van der Waals surface area contributed by atoms with E-state index in [0.29, 0.717) is 18.8 Å². The summed E-state index contributed by atoms with van der Waals surface area (Å²) in [5.74, 6) is -0.454. The lowest BCUT2D eigenvalue weighted by Crippen LogP contribution is -2.48. The van der Waals surface area contributed by atoms with E-state index in [1.54, 1.807) is 0 Å². The van der Waals surface area contributed by atoms with E-state index in [4.69, 9.17) is 4.74 Å². The monoisotopic (exact) mass is 377 g/mol. The summed E-state index contributed by atoms with van der Waals surface area (Å²) in [6, 6.07) is 2.21. The maximum atomic E-state index is 12.0. The number of nitrogens with zero attached hydrogens (tertiary/aromatic N) is 1. The molecule has 11 heteroatoms. The molecule has 1 aromatic heterocycles. The Morgan fingerprint density at radius 3 is 2.70 bits per heavy atom. The van der Waals surface area contributed by atoms with Gasteiger partial charge in [0, 0.05) is 12.6 Å². The summed E-state index contributed by atoms with van der Waals surface area (Å²) in [6.07, 6.45) is -3.19. The second kappa shape index (κ2) is 9.76. The summed E-state index contributed by atoms with van der Waals surface area (Å²) in [4.78, 5) is 15.5. The molecule has 23 heavy (non-hydrogen) atoms. The van der Waals surface area contributed by atoms with E-state index in [1.807, 2.05) is 0 Å². The van der Waals surface area contributed by atoms with Crippen LogP contribution in [-0.2, 0) is 9.53 Å². The Balaban J connectivity index is 0.00000242. The number of amides is 1. The number of pyridine rings is 1. The van der Waals surface area contributed by atoms with E-state index in [2.05, 4.69) is 20.4 Å². The molecule has 0 spiro atoms. The first kappa shape index (κ1) is 21.7. The first-order valence-corrected chi connectivity index (χ1v) is 6.22. The van der Waals surface area contributed by atoms with Gasteiger partial charge >= 0.3 is 6.18 Å². The second-order valence-corrected chi connectivity index (χ2v) is 4.36. The smallest absolute Gasteiger partial charge is 0.422 e. The lowest BCUT2D eigenvalue weighted by Gasteiger charge is -2.22. The zero-order chi connectivity index (χ0) is 15.3. The molecule has 1 saturated heterocycles. The minimum absolute atomic E-state index is 0. The molecule has 0 aliphatic carbocycles. The third-order valence-electron chi connectivity index (χ3n) is 2.63. The number of morpholine rings is 1. The van der Waals surface area contributed by atoms with E-state index in [0.717, 1.165) is 0 Å². The molecule has 2 heterocycles. The van der Waals surface area contributed by atoms with Crippen LogP contribution in [-0.4, -0.2) is 49.5 Å². The maximum Gasteiger partial charge on any atom is 0.422 e. The van der Waals surface area contributed by atoms with Crippen molar-refractivity contribution < 1.29 is 27.4 Å². The van der Waals surface area contributed by atoms with Crippen LogP contribution >= 0.6 is 24.8 Å². The lowest BCUT2D eigenvalue weighted by molar-refractivity contribution is -0.154. The third-order valence-corrected chi connectivity index (χ3v) is 2.63. The Labute approximate surface area is 142 Å². The van der Waals surface area contributed by atoms with Crippen molar-refractivity contribution in [3.8, 4) is 5.88 Å². The minimum atomic E-state index is -4.42. The van der Waals surface area contributed by atoms with E-state index in [1.165, 1.54) is 18.3 Å². The van der Waals surface area contributed by atoms with E-state index < -0.39 is 18.8 Å². The van der Waals surface area contributed by atoms with Crippen LogP contribution in [0.2, 0.25) is 0 Å². The average Bonchev–Trinajstić information content (AvgIpc) is 2.46. The van der Waals surface area contributed by atoms with Gasteiger partial charge in [-0.3, -0.25) is 4.79 Å². The SMILES string of the molecule is Cl.Cl.O=C(Nc1ccc(OCC(F)(F)F)nc1)C1COCCN1. The summed E-state index contributed by atoms with van der Waals surface area (Å²) >= 11 is 0. The van der Waals surface area contributed by atoms with Gasteiger partial charge in [-0.25, -0.2) is 4.98 Å². The number of alkyl halides is 3. The summed E-state index contributed by atoms with van der Waals surface area (Å²) in [6.45, 7) is -0.00177. The van der Waals surface area contributed by atoms with Crippen molar-refractivity contribution in [1.82, 2.24) is 10.3 Å². The molecule has 1 atom stereocenters. The number of aromatic nitrogens is 1. The van der Waals surface area contributed by atoms with Crippen molar-refractivity contribution >= 4 is 36.4 Å². The number of anilines is 1. The van der Waals surface area contributed by atoms with E-state index >= 15 is 0 Å². The van der Waals surface area contributed by atoms with Gasteiger partial charge in [0.05, 0.1) is 25.1 Å². The summed E-state index contributed by atoms with van der Waals surface area (Å²) in [5, 5.41) is 5.57. The van der Waals surface area contributed by atoms with E-state index in [-0.39, 0.29) is 43.2 Å². The first-order chi connectivity index (χ1) is 9.94. The predicted octanol–water partition coefficient (Wildman–Crippen LogP) is 1.79. The van der Waals surface area contributed by atoms with Crippen LogP contribution in [0.3, 0.4) is 0 Å². The molecular formula is C12H16Cl2F3N3O3. The molecule has 2 rings (SSSR count). The fourth-order valence-electron chi connectivity index (χ4n) is 1.66. The van der Waals surface area contributed by atoms with Gasteiger partial charge in [-0.2, -0.15) is 13.2 Å². The zero-order valence-corrected chi connectivity index (χ0v) is 13.4. The summed E-state index contributed by atoms with van der Waals surface area (Å²) < 4.78 is 45.5. The van der Waals surface area contributed by atoms with Crippen LogP contribution < -0.4 is 15.4 Å². The highest BCUT2D eigenvalue weighted by Crippen LogP contribution is 2.18. The molecule has 2 N–H and O–H groups in total. The molecule has 6 nitrogen and oxygen atoms in total. The standard InChI is InChI=1S/C12H14F3N3O3.2ClH/c13-12(14,15)7-21-10-2-1-8(5-17-10)18-11(19)9-6-20-4-3-16-9;;/h1-2,5,9,16H,3-4,6-7H2,(H,18,19);2*1H. The number of nitrogens with one attached hydrogen (secondary N) is 2. The number of carbonyl (C=O) groups is 1. The zero-order valence-electron chi connectivity index (χ0n) is 11.8. The van der Waals surface area contributed by atoms with Crippen LogP contribution in [0.4, 0.5) is 18.9 Å². The van der Waals surface area contributed by atoms with Crippen LogP contribution in [0.25, 0.3) is 0 Å². The summed E-state index contributed by atoms with van der Waals surface area (Å²) in [5.41, 5.74) is 0.367. The molecule has 0 radical (unpaired) electrons. The molecule has 0 bridgehead atoms. The van der Waals surface area contributed by atoms with E-state index in [9.17, 15) is 18.0 Å². The largest absolute Gasteiger partial charge is 0.468 e. The van der Waals surface area contributed by atoms with Gasteiger partial charge < -0.3 is 20.1 Å². The molecule has 1 unspecified atom stereocenters. The lowest BCUT2D eigenvalue weighted by atomic mass is 10.2. The van der Waals surface area contributed by atoms with Crippen molar-refractivity contribution in [2.75, 3.05) is 31.7 Å². The van der Waals surface area contributed by atoms with Gasteiger partial charge in [-0.15, -0.1) is 24.8 Å². The Morgan fingerprint density at radius 2 is 2.17 bits per heavy atom. The van der Waals surface area contributed by atoms with Crippen LogP contribution in [0.15, 0.2) is 18.3 Å². The molecule has 1 aliphatic rings. The normalized spacial score (nSPS) is 17.4. The van der Waals surface area contributed by atoms with Crippen LogP contribution in [0.1, 0.15) is 0 Å². The second-order valence-electron chi connectivity index (χ2n) is 4.36. The average molecular weight is 378 g/mol. The first-order valence-electron chi connectivity index (χ1n) is 6.22. The van der Waals surface area contributed by atoms with Crippen molar-refractivity contribution in [2.24, 2.45) is 0 Å². The van der Waals surface area contributed by atoms with Gasteiger partial charge in [0.15, 0.2) is 6.61 Å². The number of rotatable bonds is 4. The fourth-order valence-corrected chi connectivity index (χ4v) is 1.66. The molecular weight excluding hydrogens is 362 g/mol. The van der Waals surface area contributed by atoms with Gasteiger partial charge in [0.25, 0.3) is 0 Å². The van der Waals surface area contributed by atoms with Crippen molar-refractivity contribution in [3.05, 3.63) is 18.3 Å². The highest BCUT2D eigenvalue weighted by Gasteiger charge is 2.28. The van der Waals surface area contributed by atoms with Gasteiger partial charge in [-0.05, 0) is 6.07 Å². The molecule has 1 amide bonds. The van der Waals surface area contributed by atoms with Gasteiger partial charge in [0.1, 0.15) is 6.04 Å². The molecule has 0 saturated carbocycles. The minimum Gasteiger partial charge on any atom is -0.468 e. The predicted molar refractivity (Wildman–Crippen MR) is 81.5 cm³/mol. The van der Waals surface area contributed by atoms with Gasteiger partial charge in [-0.1, -0.05) is 0 Å².